The molecule has 0 saturated carbocycles. The van der Waals surface area contributed by atoms with E-state index in [-0.39, 0.29) is 11.3 Å². The maximum atomic E-state index is 11.3. The molecule has 1 rings (SSSR count). The average Bonchev–Trinajstić information content (AvgIpc) is 2.35. The number of aliphatic hydroxyl groups excluding tert-OH is 1. The standard InChI is InChI=1S/C13H15ClO4/c1-3-8-4-5-9(11(14)7(2)15)10(6-8)12(16)13(17)18/h4-6,11-12,16H,3H2,1-2H3,(H,17,18). The van der Waals surface area contributed by atoms with E-state index in [0.717, 1.165) is 5.56 Å². The molecule has 2 atom stereocenters. The fourth-order valence-electron chi connectivity index (χ4n) is 1.66. The molecule has 2 unspecified atom stereocenters. The van der Waals surface area contributed by atoms with E-state index in [1.54, 1.807) is 18.2 Å². The van der Waals surface area contributed by atoms with Crippen LogP contribution >= 0.6 is 11.6 Å². The van der Waals surface area contributed by atoms with Gasteiger partial charge in [-0.2, -0.15) is 0 Å². The highest BCUT2D eigenvalue weighted by Gasteiger charge is 2.25. The Balaban J connectivity index is 3.33. The quantitative estimate of drug-likeness (QED) is 0.805. The highest BCUT2D eigenvalue weighted by atomic mass is 35.5. The number of halogens is 1. The first-order valence-electron chi connectivity index (χ1n) is 5.56. The molecule has 0 aliphatic heterocycles. The summed E-state index contributed by atoms with van der Waals surface area (Å²) in [6, 6.07) is 4.94. The Morgan fingerprint density at radius 2 is 1.94 bits per heavy atom. The molecule has 0 aliphatic carbocycles. The number of carbonyl (C=O) groups excluding carboxylic acids is 1. The first-order valence-corrected chi connectivity index (χ1v) is 6.00. The molecule has 1 aromatic carbocycles. The maximum Gasteiger partial charge on any atom is 0.337 e. The van der Waals surface area contributed by atoms with Crippen molar-refractivity contribution in [2.45, 2.75) is 31.7 Å². The summed E-state index contributed by atoms with van der Waals surface area (Å²) in [4.78, 5) is 22.1. The number of carbonyl (C=O) groups is 2. The highest BCUT2D eigenvalue weighted by molar-refractivity contribution is 6.31. The number of carboxylic acid groups (broad SMARTS) is 1. The Kier molecular flexibility index (Phi) is 4.87. The van der Waals surface area contributed by atoms with Gasteiger partial charge in [0.15, 0.2) is 11.9 Å². The fourth-order valence-corrected chi connectivity index (χ4v) is 1.86. The van der Waals surface area contributed by atoms with Gasteiger partial charge in [0.25, 0.3) is 0 Å². The first-order chi connectivity index (χ1) is 8.38. The number of aliphatic carboxylic acids is 1. The lowest BCUT2D eigenvalue weighted by molar-refractivity contribution is -0.147. The molecule has 0 bridgehead atoms. The van der Waals surface area contributed by atoms with Gasteiger partial charge in [-0.25, -0.2) is 4.79 Å². The molecule has 0 amide bonds. The summed E-state index contributed by atoms with van der Waals surface area (Å²) in [5.41, 5.74) is 1.40. The number of ketones is 1. The largest absolute Gasteiger partial charge is 0.479 e. The minimum absolute atomic E-state index is 0.178. The van der Waals surface area contributed by atoms with E-state index in [9.17, 15) is 14.7 Å². The smallest absolute Gasteiger partial charge is 0.337 e. The first kappa shape index (κ1) is 14.7. The van der Waals surface area contributed by atoms with Crippen LogP contribution in [0.1, 0.15) is 42.0 Å². The molecule has 0 spiro atoms. The van der Waals surface area contributed by atoms with Crippen molar-refractivity contribution in [3.63, 3.8) is 0 Å². The van der Waals surface area contributed by atoms with Crippen molar-refractivity contribution in [1.82, 2.24) is 0 Å². The Labute approximate surface area is 110 Å². The maximum absolute atomic E-state index is 11.3. The summed E-state index contributed by atoms with van der Waals surface area (Å²) in [5, 5.41) is 17.6. The van der Waals surface area contributed by atoms with Gasteiger partial charge in [-0.15, -0.1) is 11.6 Å². The summed E-state index contributed by atoms with van der Waals surface area (Å²) in [7, 11) is 0. The minimum atomic E-state index is -1.67. The third-order valence-electron chi connectivity index (χ3n) is 2.72. The van der Waals surface area contributed by atoms with Crippen LogP contribution in [0.3, 0.4) is 0 Å². The molecule has 0 fully saturated rings. The molecule has 0 aromatic heterocycles. The van der Waals surface area contributed by atoms with Crippen molar-refractivity contribution in [3.05, 3.63) is 34.9 Å². The number of benzene rings is 1. The SMILES string of the molecule is CCc1ccc(C(Cl)C(C)=O)c(C(O)C(=O)O)c1. The van der Waals surface area contributed by atoms with E-state index in [1.165, 1.54) is 6.92 Å². The topological polar surface area (TPSA) is 74.6 Å². The van der Waals surface area contributed by atoms with Crippen LogP contribution in [-0.4, -0.2) is 22.0 Å². The lowest BCUT2D eigenvalue weighted by Gasteiger charge is -2.16. The number of aryl methyl sites for hydroxylation is 1. The van der Waals surface area contributed by atoms with Gasteiger partial charge in [0.05, 0.1) is 0 Å². The van der Waals surface area contributed by atoms with Gasteiger partial charge in [0.2, 0.25) is 0 Å². The molecule has 0 saturated heterocycles. The second kappa shape index (κ2) is 5.98. The van der Waals surface area contributed by atoms with Gasteiger partial charge < -0.3 is 10.2 Å². The molecule has 98 valence electrons. The van der Waals surface area contributed by atoms with Crippen LogP contribution in [0, 0.1) is 0 Å². The number of hydrogen-bond acceptors (Lipinski definition) is 3. The molecule has 1 aromatic rings. The number of carboxylic acids is 1. The van der Waals surface area contributed by atoms with E-state index < -0.39 is 17.5 Å². The number of Topliss-reactive ketones (excluding diaryl/α,β-unsaturated/α-hetero) is 1. The fraction of sp³-hybridized carbons (Fsp3) is 0.385. The lowest BCUT2D eigenvalue weighted by Crippen LogP contribution is -2.15. The van der Waals surface area contributed by atoms with Crippen molar-refractivity contribution in [3.8, 4) is 0 Å². The third kappa shape index (κ3) is 3.09. The van der Waals surface area contributed by atoms with Crippen LogP contribution in [0.5, 0.6) is 0 Å². The zero-order valence-electron chi connectivity index (χ0n) is 10.2. The summed E-state index contributed by atoms with van der Waals surface area (Å²) < 4.78 is 0. The van der Waals surface area contributed by atoms with Gasteiger partial charge in [-0.3, -0.25) is 4.79 Å². The molecule has 18 heavy (non-hydrogen) atoms. The molecule has 0 heterocycles. The van der Waals surface area contributed by atoms with Gasteiger partial charge in [0, 0.05) is 0 Å². The molecule has 2 N–H and O–H groups in total. The summed E-state index contributed by atoms with van der Waals surface area (Å²) >= 11 is 5.94. The van der Waals surface area contributed by atoms with E-state index in [4.69, 9.17) is 16.7 Å². The van der Waals surface area contributed by atoms with E-state index >= 15 is 0 Å². The molecule has 5 heteroatoms. The van der Waals surface area contributed by atoms with Crippen LogP contribution in [0.25, 0.3) is 0 Å². The Bertz CT molecular complexity index is 470. The van der Waals surface area contributed by atoms with Gasteiger partial charge in [-0.05, 0) is 30.0 Å². The average molecular weight is 271 g/mol. The Morgan fingerprint density at radius 1 is 1.33 bits per heavy atom. The van der Waals surface area contributed by atoms with Crippen molar-refractivity contribution in [2.75, 3.05) is 0 Å². The zero-order chi connectivity index (χ0) is 13.9. The second-order valence-corrected chi connectivity index (χ2v) is 4.47. The summed E-state index contributed by atoms with van der Waals surface area (Å²) in [6.07, 6.45) is -0.973. The highest BCUT2D eigenvalue weighted by Crippen LogP contribution is 2.30. The second-order valence-electron chi connectivity index (χ2n) is 4.03. The summed E-state index contributed by atoms with van der Waals surface area (Å²) in [6.45, 7) is 3.23. The van der Waals surface area contributed by atoms with Gasteiger partial charge in [0.1, 0.15) is 5.38 Å². The predicted octanol–water partition coefficient (Wildman–Crippen LogP) is 2.24. The van der Waals surface area contributed by atoms with Crippen LogP contribution in [0.15, 0.2) is 18.2 Å². The minimum Gasteiger partial charge on any atom is -0.479 e. The van der Waals surface area contributed by atoms with Gasteiger partial charge in [-0.1, -0.05) is 25.1 Å². The summed E-state index contributed by atoms with van der Waals surface area (Å²) in [5.74, 6) is -1.66. The number of aliphatic hydroxyl groups is 1. The molecular weight excluding hydrogens is 256 g/mol. The van der Waals surface area contributed by atoms with Crippen molar-refractivity contribution < 1.29 is 19.8 Å². The third-order valence-corrected chi connectivity index (χ3v) is 3.26. The van der Waals surface area contributed by atoms with Crippen molar-refractivity contribution in [2.24, 2.45) is 0 Å². The predicted molar refractivity (Wildman–Crippen MR) is 67.7 cm³/mol. The van der Waals surface area contributed by atoms with Crippen molar-refractivity contribution in [1.29, 1.82) is 0 Å². The number of alkyl halides is 1. The van der Waals surface area contributed by atoms with Crippen LogP contribution < -0.4 is 0 Å². The van der Waals surface area contributed by atoms with Crippen LogP contribution in [0.4, 0.5) is 0 Å². The monoisotopic (exact) mass is 270 g/mol. The normalized spacial score (nSPS) is 14.0. The zero-order valence-corrected chi connectivity index (χ0v) is 10.9. The Hall–Kier alpha value is -1.39. The molecule has 0 aliphatic rings. The van der Waals surface area contributed by atoms with E-state index in [1.807, 2.05) is 6.92 Å². The molecule has 0 radical (unpaired) electrons. The van der Waals surface area contributed by atoms with Gasteiger partial charge >= 0.3 is 5.97 Å². The van der Waals surface area contributed by atoms with E-state index in [0.29, 0.717) is 12.0 Å². The molecule has 4 nitrogen and oxygen atoms in total. The van der Waals surface area contributed by atoms with E-state index in [2.05, 4.69) is 0 Å². The number of hydrogen-bond donors (Lipinski definition) is 2. The lowest BCUT2D eigenvalue weighted by atomic mass is 9.95. The van der Waals surface area contributed by atoms with Crippen LogP contribution in [-0.2, 0) is 16.0 Å². The number of rotatable bonds is 5. The van der Waals surface area contributed by atoms with Crippen molar-refractivity contribution >= 4 is 23.4 Å². The molecular formula is C13H15ClO4. The van der Waals surface area contributed by atoms with Crippen LogP contribution in [0.2, 0.25) is 0 Å². The Morgan fingerprint density at radius 3 is 2.39 bits per heavy atom.